The van der Waals surface area contributed by atoms with Crippen molar-refractivity contribution in [3.63, 3.8) is 0 Å². The minimum Gasteiger partial charge on any atom is -0.0984 e. The molecule has 0 fully saturated rings. The fraction of sp³-hybridized carbons (Fsp3) is 0.152. The van der Waals surface area contributed by atoms with Crippen molar-refractivity contribution >= 4 is 44.0 Å². The molecule has 5 rings (SSSR count). The number of fused-ring (bicyclic) bond motifs is 6. The Kier molecular flexibility index (Phi) is 5.60. The maximum absolute atomic E-state index is 4.39. The zero-order valence-electron chi connectivity index (χ0n) is 19.6. The number of allylic oxidation sites excluding steroid dienone is 1. The fourth-order valence-electron chi connectivity index (χ4n) is 5.07. The van der Waals surface area contributed by atoms with Crippen molar-refractivity contribution in [2.45, 2.75) is 33.1 Å². The first kappa shape index (κ1) is 21.2. The summed E-state index contributed by atoms with van der Waals surface area (Å²) in [6.07, 6.45) is 5.05. The van der Waals surface area contributed by atoms with Gasteiger partial charge in [-0.2, -0.15) is 0 Å². The predicted molar refractivity (Wildman–Crippen MR) is 147 cm³/mol. The second-order valence-electron chi connectivity index (χ2n) is 9.23. The standard InChI is InChI=1S/C33H30/c1-5-26-16-13-22(2)19-31(26)24(4)9-8-10-25-15-18-30-29-17-14-23(3)20-32(29)27-11-6-7-12-28(27)33(30)21-25/h5-7,11-21H,1,4,8-10H2,2-3H3. The molecule has 0 saturated heterocycles. The molecule has 0 amide bonds. The molecule has 0 spiro atoms. The predicted octanol–water partition coefficient (Wildman–Crippen LogP) is 9.44. The van der Waals surface area contributed by atoms with Crippen LogP contribution in [-0.4, -0.2) is 0 Å². The summed E-state index contributed by atoms with van der Waals surface area (Å²) in [7, 11) is 0. The molecular weight excluding hydrogens is 396 g/mol. The number of aryl methyl sites for hydroxylation is 3. The maximum Gasteiger partial charge on any atom is -0.00962 e. The van der Waals surface area contributed by atoms with Crippen LogP contribution in [0.25, 0.3) is 44.0 Å². The lowest BCUT2D eigenvalue weighted by molar-refractivity contribution is 0.855. The highest BCUT2D eigenvalue weighted by Gasteiger charge is 2.10. The van der Waals surface area contributed by atoms with Crippen molar-refractivity contribution in [1.29, 1.82) is 0 Å². The van der Waals surface area contributed by atoms with Gasteiger partial charge in [-0.05, 0) is 87.7 Å². The van der Waals surface area contributed by atoms with Crippen molar-refractivity contribution in [1.82, 2.24) is 0 Å². The maximum atomic E-state index is 4.39. The van der Waals surface area contributed by atoms with Crippen LogP contribution in [-0.2, 0) is 6.42 Å². The summed E-state index contributed by atoms with van der Waals surface area (Å²) < 4.78 is 0. The summed E-state index contributed by atoms with van der Waals surface area (Å²) in [5.41, 5.74) is 7.56. The lowest BCUT2D eigenvalue weighted by atomic mass is 9.91. The molecule has 0 aromatic heterocycles. The number of rotatable bonds is 6. The smallest absolute Gasteiger partial charge is 0.00962 e. The van der Waals surface area contributed by atoms with Crippen LogP contribution in [0, 0.1) is 13.8 Å². The van der Waals surface area contributed by atoms with E-state index in [1.54, 1.807) is 0 Å². The van der Waals surface area contributed by atoms with Crippen LogP contribution in [0.5, 0.6) is 0 Å². The van der Waals surface area contributed by atoms with E-state index in [2.05, 4.69) is 106 Å². The van der Waals surface area contributed by atoms with E-state index in [0.717, 1.165) is 19.3 Å². The first-order valence-corrected chi connectivity index (χ1v) is 11.8. The van der Waals surface area contributed by atoms with Gasteiger partial charge in [0.1, 0.15) is 0 Å². The highest BCUT2D eigenvalue weighted by molar-refractivity contribution is 6.25. The van der Waals surface area contributed by atoms with Gasteiger partial charge in [0.25, 0.3) is 0 Å². The summed E-state index contributed by atoms with van der Waals surface area (Å²) >= 11 is 0. The van der Waals surface area contributed by atoms with Crippen LogP contribution in [0.2, 0.25) is 0 Å². The monoisotopic (exact) mass is 426 g/mol. The van der Waals surface area contributed by atoms with Crippen molar-refractivity contribution in [2.75, 3.05) is 0 Å². The van der Waals surface area contributed by atoms with Crippen LogP contribution in [0.1, 0.15) is 40.7 Å². The minimum atomic E-state index is 0.986. The Labute approximate surface area is 196 Å². The third-order valence-corrected chi connectivity index (χ3v) is 6.81. The topological polar surface area (TPSA) is 0 Å². The van der Waals surface area contributed by atoms with Crippen LogP contribution in [0.3, 0.4) is 0 Å². The minimum absolute atomic E-state index is 0.986. The van der Waals surface area contributed by atoms with Gasteiger partial charge in [0.15, 0.2) is 0 Å². The van der Waals surface area contributed by atoms with Gasteiger partial charge in [0.2, 0.25) is 0 Å². The van der Waals surface area contributed by atoms with Crippen molar-refractivity contribution in [3.8, 4) is 0 Å². The molecule has 0 unspecified atom stereocenters. The first-order chi connectivity index (χ1) is 16.0. The second kappa shape index (κ2) is 8.71. The number of hydrogen-bond acceptors (Lipinski definition) is 0. The third-order valence-electron chi connectivity index (χ3n) is 6.81. The van der Waals surface area contributed by atoms with Gasteiger partial charge in [-0.25, -0.2) is 0 Å². The first-order valence-electron chi connectivity index (χ1n) is 11.8. The molecule has 0 atom stereocenters. The Bertz CT molecular complexity index is 1510. The molecule has 0 nitrogen and oxygen atoms in total. The van der Waals surface area contributed by atoms with Crippen LogP contribution >= 0.6 is 0 Å². The Morgan fingerprint density at radius 1 is 0.697 bits per heavy atom. The zero-order chi connectivity index (χ0) is 22.9. The number of hydrogen-bond donors (Lipinski definition) is 0. The van der Waals surface area contributed by atoms with E-state index in [4.69, 9.17) is 0 Å². The van der Waals surface area contributed by atoms with Gasteiger partial charge in [0, 0.05) is 0 Å². The molecule has 162 valence electrons. The molecule has 0 heterocycles. The van der Waals surface area contributed by atoms with E-state index in [1.165, 1.54) is 65.7 Å². The van der Waals surface area contributed by atoms with Crippen molar-refractivity contribution in [3.05, 3.63) is 120 Å². The summed E-state index contributed by atoms with van der Waals surface area (Å²) in [5, 5.41) is 8.06. The Morgan fingerprint density at radius 3 is 2.03 bits per heavy atom. The van der Waals surface area contributed by atoms with Crippen molar-refractivity contribution < 1.29 is 0 Å². The van der Waals surface area contributed by atoms with E-state index in [1.807, 2.05) is 6.08 Å². The molecular formula is C33H30. The van der Waals surface area contributed by atoms with E-state index in [-0.39, 0.29) is 0 Å². The van der Waals surface area contributed by atoms with Gasteiger partial charge < -0.3 is 0 Å². The summed E-state index contributed by atoms with van der Waals surface area (Å²) in [5.74, 6) is 0. The Balaban J connectivity index is 1.46. The van der Waals surface area contributed by atoms with E-state index in [9.17, 15) is 0 Å². The van der Waals surface area contributed by atoms with Crippen LogP contribution in [0.4, 0.5) is 0 Å². The average molecular weight is 427 g/mol. The molecule has 33 heavy (non-hydrogen) atoms. The van der Waals surface area contributed by atoms with Gasteiger partial charge in [-0.1, -0.05) is 109 Å². The van der Waals surface area contributed by atoms with Crippen LogP contribution in [0.15, 0.2) is 92.0 Å². The van der Waals surface area contributed by atoms with Gasteiger partial charge in [-0.3, -0.25) is 0 Å². The second-order valence-corrected chi connectivity index (χ2v) is 9.23. The normalized spacial score (nSPS) is 11.3. The highest BCUT2D eigenvalue weighted by Crippen LogP contribution is 2.36. The van der Waals surface area contributed by atoms with Crippen molar-refractivity contribution in [2.24, 2.45) is 0 Å². The van der Waals surface area contributed by atoms with E-state index >= 15 is 0 Å². The zero-order valence-corrected chi connectivity index (χ0v) is 19.6. The molecule has 0 aliphatic heterocycles. The molecule has 0 N–H and O–H groups in total. The SMILES string of the molecule is C=Cc1ccc(C)cc1C(=C)CCCc1ccc2c3ccc(C)cc3c3ccccc3c2c1. The highest BCUT2D eigenvalue weighted by atomic mass is 14.1. The summed E-state index contributed by atoms with van der Waals surface area (Å²) in [6.45, 7) is 12.7. The lowest BCUT2D eigenvalue weighted by Crippen LogP contribution is -1.92. The van der Waals surface area contributed by atoms with Gasteiger partial charge in [0.05, 0.1) is 0 Å². The van der Waals surface area contributed by atoms with E-state index in [0.29, 0.717) is 0 Å². The molecule has 5 aromatic rings. The molecule has 0 radical (unpaired) electrons. The molecule has 0 heteroatoms. The van der Waals surface area contributed by atoms with Gasteiger partial charge in [-0.15, -0.1) is 0 Å². The quantitative estimate of drug-likeness (QED) is 0.237. The van der Waals surface area contributed by atoms with Gasteiger partial charge >= 0.3 is 0 Å². The average Bonchev–Trinajstić information content (AvgIpc) is 2.84. The largest absolute Gasteiger partial charge is 0.0984 e. The molecule has 0 bridgehead atoms. The van der Waals surface area contributed by atoms with E-state index < -0.39 is 0 Å². The molecule has 0 aliphatic rings. The summed E-state index contributed by atoms with van der Waals surface area (Å²) in [6, 6.07) is 29.2. The number of benzene rings is 5. The summed E-state index contributed by atoms with van der Waals surface area (Å²) in [4.78, 5) is 0. The Hall–Kier alpha value is -3.64. The fourth-order valence-corrected chi connectivity index (χ4v) is 5.07. The molecule has 5 aromatic carbocycles. The van der Waals surface area contributed by atoms with Crippen LogP contribution < -0.4 is 0 Å². The molecule has 0 saturated carbocycles. The third kappa shape index (κ3) is 3.98. The lowest BCUT2D eigenvalue weighted by Gasteiger charge is -2.13. The molecule has 0 aliphatic carbocycles. The Morgan fingerprint density at radius 2 is 1.30 bits per heavy atom.